The van der Waals surface area contributed by atoms with Crippen molar-refractivity contribution >= 4 is 35.5 Å². The van der Waals surface area contributed by atoms with Gasteiger partial charge in [0.15, 0.2) is 11.5 Å². The van der Waals surface area contributed by atoms with Crippen molar-refractivity contribution < 1.29 is 23.7 Å². The van der Waals surface area contributed by atoms with Gasteiger partial charge in [0.2, 0.25) is 0 Å². The number of carbonyl (C=O) groups is 1. The minimum Gasteiger partial charge on any atom is -0.492 e. The maximum Gasteiger partial charge on any atom is 0.427 e. The number of benzene rings is 2. The number of hydrogen-bond acceptors (Lipinski definition) is 6. The van der Waals surface area contributed by atoms with Crippen LogP contribution in [0.5, 0.6) is 17.2 Å². The van der Waals surface area contributed by atoms with Crippen molar-refractivity contribution in [2.24, 2.45) is 5.10 Å². The van der Waals surface area contributed by atoms with Crippen LogP contribution in [0.2, 0.25) is 10.0 Å². The number of halogens is 2. The number of para-hydroxylation sites is 1. The van der Waals surface area contributed by atoms with E-state index in [1.807, 2.05) is 25.1 Å². The molecule has 0 saturated heterocycles. The summed E-state index contributed by atoms with van der Waals surface area (Å²) in [6, 6.07) is 10.7. The Kier molecular flexibility index (Phi) is 9.40. The molecule has 0 bridgehead atoms. The normalized spacial score (nSPS) is 10.6. The molecule has 0 radical (unpaired) electrons. The first-order valence-electron chi connectivity index (χ1n) is 8.88. The zero-order valence-electron chi connectivity index (χ0n) is 16.1. The molecule has 0 saturated carbocycles. The first-order valence-corrected chi connectivity index (χ1v) is 9.64. The summed E-state index contributed by atoms with van der Waals surface area (Å²) in [7, 11) is 1.25. The molecule has 2 rings (SSSR count). The van der Waals surface area contributed by atoms with Crippen LogP contribution in [0.1, 0.15) is 18.9 Å². The summed E-state index contributed by atoms with van der Waals surface area (Å²) < 4.78 is 21.5. The number of carbonyl (C=O) groups excluding carboxylic acids is 1. The van der Waals surface area contributed by atoms with Crippen LogP contribution in [-0.4, -0.2) is 39.2 Å². The van der Waals surface area contributed by atoms with E-state index in [-0.39, 0.29) is 0 Å². The van der Waals surface area contributed by atoms with Gasteiger partial charge in [-0.25, -0.2) is 10.2 Å². The number of ether oxygens (including phenoxy) is 4. The number of rotatable bonds is 10. The molecule has 0 aromatic heterocycles. The molecule has 9 heteroatoms. The lowest BCUT2D eigenvalue weighted by Crippen LogP contribution is -2.16. The topological polar surface area (TPSA) is 78.4 Å². The van der Waals surface area contributed by atoms with E-state index in [0.29, 0.717) is 59.1 Å². The lowest BCUT2D eigenvalue weighted by molar-refractivity contribution is 0.171. The van der Waals surface area contributed by atoms with E-state index in [2.05, 4.69) is 15.3 Å². The van der Waals surface area contributed by atoms with E-state index < -0.39 is 6.09 Å². The largest absolute Gasteiger partial charge is 0.492 e. The van der Waals surface area contributed by atoms with Gasteiger partial charge in [-0.1, -0.05) is 35.3 Å². The fourth-order valence-corrected chi connectivity index (χ4v) is 2.71. The zero-order chi connectivity index (χ0) is 21.1. The fraction of sp³-hybridized carbons (Fsp3) is 0.300. The van der Waals surface area contributed by atoms with E-state index in [0.717, 1.165) is 0 Å². The second-order valence-electron chi connectivity index (χ2n) is 5.61. The smallest absolute Gasteiger partial charge is 0.427 e. The lowest BCUT2D eigenvalue weighted by Gasteiger charge is -2.14. The maximum atomic E-state index is 11.0. The number of nitrogens with zero attached hydrogens (tertiary/aromatic N) is 1. The molecular formula is C20H22Cl2N2O5. The predicted molar refractivity (Wildman–Crippen MR) is 113 cm³/mol. The van der Waals surface area contributed by atoms with Crippen molar-refractivity contribution in [3.05, 3.63) is 52.0 Å². The second kappa shape index (κ2) is 12.0. The molecule has 0 atom stereocenters. The van der Waals surface area contributed by atoms with E-state index in [4.69, 9.17) is 37.4 Å². The van der Waals surface area contributed by atoms with Crippen LogP contribution in [0, 0.1) is 0 Å². The summed E-state index contributed by atoms with van der Waals surface area (Å²) in [6.45, 7) is 3.11. The van der Waals surface area contributed by atoms with Crippen molar-refractivity contribution in [1.29, 1.82) is 0 Å². The minimum atomic E-state index is -0.670. The molecule has 2 aromatic rings. The Morgan fingerprint density at radius 3 is 2.55 bits per heavy atom. The quantitative estimate of drug-likeness (QED) is 0.321. The van der Waals surface area contributed by atoms with Crippen LogP contribution in [-0.2, 0) is 4.74 Å². The molecule has 29 heavy (non-hydrogen) atoms. The summed E-state index contributed by atoms with van der Waals surface area (Å²) in [6.07, 6.45) is 1.38. The van der Waals surface area contributed by atoms with Crippen molar-refractivity contribution in [2.45, 2.75) is 13.3 Å². The third kappa shape index (κ3) is 7.36. The third-order valence-corrected chi connectivity index (χ3v) is 4.11. The van der Waals surface area contributed by atoms with E-state index >= 15 is 0 Å². The molecule has 0 aliphatic heterocycles. The van der Waals surface area contributed by atoms with Gasteiger partial charge in [0.25, 0.3) is 0 Å². The van der Waals surface area contributed by atoms with Crippen molar-refractivity contribution in [3.63, 3.8) is 0 Å². The van der Waals surface area contributed by atoms with Gasteiger partial charge in [0, 0.05) is 6.42 Å². The van der Waals surface area contributed by atoms with Gasteiger partial charge >= 0.3 is 6.09 Å². The standard InChI is InChI=1S/C20H22Cl2N2O5/c1-3-27-18-12-14(13-23-24-20(25)26-2)11-16(22)19(18)29-10-6-9-28-17-8-5-4-7-15(17)21/h4-5,7-8,11-13H,3,6,9-10H2,1-2H3,(H,24,25)/b23-13+. The van der Waals surface area contributed by atoms with Crippen LogP contribution in [0.15, 0.2) is 41.5 Å². The highest BCUT2D eigenvalue weighted by Gasteiger charge is 2.12. The third-order valence-electron chi connectivity index (χ3n) is 3.52. The SMILES string of the molecule is CCOc1cc(/C=N/NC(=O)OC)cc(Cl)c1OCCCOc1ccccc1Cl. The Morgan fingerprint density at radius 1 is 1.07 bits per heavy atom. The van der Waals surface area contributed by atoms with Crippen LogP contribution in [0.25, 0.3) is 0 Å². The van der Waals surface area contributed by atoms with Gasteiger partial charge < -0.3 is 18.9 Å². The molecule has 0 aliphatic rings. The van der Waals surface area contributed by atoms with E-state index in [1.54, 1.807) is 18.2 Å². The van der Waals surface area contributed by atoms with E-state index in [9.17, 15) is 4.79 Å². The molecule has 1 amide bonds. The van der Waals surface area contributed by atoms with Gasteiger partial charge in [0.05, 0.1) is 43.2 Å². The van der Waals surface area contributed by atoms with Crippen molar-refractivity contribution in [2.75, 3.05) is 26.9 Å². The minimum absolute atomic E-state index is 0.363. The lowest BCUT2D eigenvalue weighted by atomic mass is 10.2. The molecule has 0 unspecified atom stereocenters. The molecule has 2 aromatic carbocycles. The molecule has 0 spiro atoms. The molecule has 0 heterocycles. The Bertz CT molecular complexity index is 846. The summed E-state index contributed by atoms with van der Waals surface area (Å²) in [4.78, 5) is 11.0. The number of nitrogens with one attached hydrogen (secondary N) is 1. The predicted octanol–water partition coefficient (Wildman–Crippen LogP) is 4.93. The Morgan fingerprint density at radius 2 is 1.83 bits per heavy atom. The monoisotopic (exact) mass is 440 g/mol. The highest BCUT2D eigenvalue weighted by molar-refractivity contribution is 6.32. The second-order valence-corrected chi connectivity index (χ2v) is 6.42. The number of hydrogen-bond donors (Lipinski definition) is 1. The molecular weight excluding hydrogens is 419 g/mol. The van der Waals surface area contributed by atoms with Gasteiger partial charge in [0.1, 0.15) is 5.75 Å². The summed E-state index contributed by atoms with van der Waals surface area (Å²) >= 11 is 12.4. The molecule has 0 aliphatic carbocycles. The first-order chi connectivity index (χ1) is 14.0. The van der Waals surface area contributed by atoms with Gasteiger partial charge in [-0.15, -0.1) is 0 Å². The number of amides is 1. The van der Waals surface area contributed by atoms with Crippen molar-refractivity contribution in [1.82, 2.24) is 5.43 Å². The highest BCUT2D eigenvalue weighted by atomic mass is 35.5. The molecule has 1 N–H and O–H groups in total. The Hall–Kier alpha value is -2.64. The Labute approximate surface area is 179 Å². The van der Waals surface area contributed by atoms with Crippen LogP contribution < -0.4 is 19.6 Å². The van der Waals surface area contributed by atoms with E-state index in [1.165, 1.54) is 13.3 Å². The van der Waals surface area contributed by atoms with Crippen LogP contribution >= 0.6 is 23.2 Å². The average Bonchev–Trinajstić information content (AvgIpc) is 2.70. The average molecular weight is 441 g/mol. The maximum absolute atomic E-state index is 11.0. The molecule has 0 fully saturated rings. The van der Waals surface area contributed by atoms with Gasteiger partial charge in [-0.2, -0.15) is 5.10 Å². The number of hydrazone groups is 1. The first kappa shape index (κ1) is 22.6. The van der Waals surface area contributed by atoms with Gasteiger partial charge in [-0.3, -0.25) is 0 Å². The van der Waals surface area contributed by atoms with Crippen molar-refractivity contribution in [3.8, 4) is 17.2 Å². The summed E-state index contributed by atoms with van der Waals surface area (Å²) in [5, 5.41) is 4.70. The fourth-order valence-electron chi connectivity index (χ4n) is 2.25. The van der Waals surface area contributed by atoms with Crippen LogP contribution in [0.3, 0.4) is 0 Å². The Balaban J connectivity index is 1.94. The summed E-state index contributed by atoms with van der Waals surface area (Å²) in [5.74, 6) is 1.54. The van der Waals surface area contributed by atoms with Gasteiger partial charge in [-0.05, 0) is 36.8 Å². The highest BCUT2D eigenvalue weighted by Crippen LogP contribution is 2.36. The summed E-state index contributed by atoms with van der Waals surface area (Å²) in [5.41, 5.74) is 2.83. The zero-order valence-corrected chi connectivity index (χ0v) is 17.6. The van der Waals surface area contributed by atoms with Crippen LogP contribution in [0.4, 0.5) is 4.79 Å². The molecule has 156 valence electrons. The molecule has 7 nitrogen and oxygen atoms in total. The number of methoxy groups -OCH3 is 1.